The van der Waals surface area contributed by atoms with E-state index in [0.29, 0.717) is 24.7 Å². The molecule has 3 aliphatic rings. The van der Waals surface area contributed by atoms with Gasteiger partial charge in [0.15, 0.2) is 0 Å². The van der Waals surface area contributed by atoms with Crippen LogP contribution in [0.2, 0.25) is 0 Å². The molecule has 3 fully saturated rings. The Morgan fingerprint density at radius 2 is 2.17 bits per heavy atom. The van der Waals surface area contributed by atoms with E-state index in [-0.39, 0.29) is 17.4 Å². The van der Waals surface area contributed by atoms with E-state index < -0.39 is 11.7 Å². The molecule has 5 nitrogen and oxygen atoms in total. The number of nitrogens with one attached hydrogen (secondary N) is 1. The van der Waals surface area contributed by atoms with Crippen LogP contribution in [0.5, 0.6) is 5.75 Å². The number of rotatable bonds is 3. The van der Waals surface area contributed by atoms with Gasteiger partial charge in [0, 0.05) is 25.2 Å². The van der Waals surface area contributed by atoms with Gasteiger partial charge in [-0.2, -0.15) is 0 Å². The van der Waals surface area contributed by atoms with E-state index in [1.165, 1.54) is 25.0 Å². The number of ether oxygens (including phenoxy) is 1. The number of hydrogen-bond acceptors (Lipinski definition) is 4. The van der Waals surface area contributed by atoms with Crippen molar-refractivity contribution in [2.75, 3.05) is 19.7 Å². The molecule has 6 heteroatoms. The van der Waals surface area contributed by atoms with Crippen molar-refractivity contribution in [1.82, 2.24) is 10.2 Å². The van der Waals surface area contributed by atoms with Crippen LogP contribution in [-0.4, -0.2) is 53.8 Å². The highest BCUT2D eigenvalue weighted by Gasteiger charge is 2.42. The van der Waals surface area contributed by atoms with Gasteiger partial charge < -0.3 is 15.2 Å². The minimum absolute atomic E-state index is 0.00389. The zero-order valence-electron chi connectivity index (χ0n) is 12.9. The zero-order chi connectivity index (χ0) is 16.0. The highest BCUT2D eigenvalue weighted by atomic mass is 19.1. The highest BCUT2D eigenvalue weighted by Crippen LogP contribution is 2.37. The number of phenolic OH excluding ortho intramolecular Hbond substituents is 1. The number of nitrogens with zero attached hydrogens (tertiary/aromatic N) is 1. The Morgan fingerprint density at radius 3 is 2.96 bits per heavy atom. The first kappa shape index (κ1) is 14.9. The van der Waals surface area contributed by atoms with Crippen molar-refractivity contribution in [3.8, 4) is 5.75 Å². The lowest BCUT2D eigenvalue weighted by molar-refractivity contribution is -0.0581. The molecule has 2 saturated heterocycles. The quantitative estimate of drug-likeness (QED) is 0.886. The number of amides is 1. The molecule has 3 atom stereocenters. The summed E-state index contributed by atoms with van der Waals surface area (Å²) in [6.07, 6.45) is 3.69. The Bertz CT molecular complexity index is 620. The van der Waals surface area contributed by atoms with Crippen LogP contribution in [0.4, 0.5) is 4.39 Å². The Balaban J connectivity index is 1.38. The largest absolute Gasteiger partial charge is 0.508 e. The molecule has 1 saturated carbocycles. The first-order valence-electron chi connectivity index (χ1n) is 8.25. The van der Waals surface area contributed by atoms with E-state index in [1.54, 1.807) is 0 Å². The molecule has 4 rings (SSSR count). The third-order valence-electron chi connectivity index (χ3n) is 5.12. The molecule has 124 valence electrons. The number of halogens is 1. The van der Waals surface area contributed by atoms with Crippen molar-refractivity contribution < 1.29 is 19.0 Å². The summed E-state index contributed by atoms with van der Waals surface area (Å²) < 4.78 is 19.7. The molecule has 0 bridgehead atoms. The first-order chi connectivity index (χ1) is 11.1. The summed E-state index contributed by atoms with van der Waals surface area (Å²) in [6.45, 7) is 2.43. The van der Waals surface area contributed by atoms with Crippen LogP contribution in [0, 0.1) is 11.7 Å². The summed E-state index contributed by atoms with van der Waals surface area (Å²) in [5, 5.41) is 12.3. The number of benzene rings is 1. The minimum atomic E-state index is -0.617. The van der Waals surface area contributed by atoms with Gasteiger partial charge in [-0.05, 0) is 43.4 Å². The van der Waals surface area contributed by atoms with E-state index in [9.17, 15) is 14.3 Å². The number of fused-ring (bicyclic) bond motifs is 1. The molecule has 1 aliphatic carbocycles. The van der Waals surface area contributed by atoms with Crippen molar-refractivity contribution in [3.63, 3.8) is 0 Å². The summed E-state index contributed by atoms with van der Waals surface area (Å²) >= 11 is 0. The second-order valence-electron chi connectivity index (χ2n) is 6.89. The summed E-state index contributed by atoms with van der Waals surface area (Å²) in [4.78, 5) is 14.6. The van der Waals surface area contributed by atoms with E-state index in [0.717, 1.165) is 25.6 Å². The Labute approximate surface area is 134 Å². The summed E-state index contributed by atoms with van der Waals surface area (Å²) in [5.74, 6) is -0.483. The lowest BCUT2D eigenvalue weighted by Gasteiger charge is -2.35. The average molecular weight is 320 g/mol. The van der Waals surface area contributed by atoms with Gasteiger partial charge in [0.25, 0.3) is 5.91 Å². The number of hydrogen-bond donors (Lipinski definition) is 2. The Morgan fingerprint density at radius 1 is 1.35 bits per heavy atom. The fraction of sp³-hybridized carbons (Fsp3) is 0.588. The van der Waals surface area contributed by atoms with Crippen LogP contribution in [0.15, 0.2) is 18.2 Å². The lowest BCUT2D eigenvalue weighted by Crippen LogP contribution is -2.47. The zero-order valence-corrected chi connectivity index (χ0v) is 12.9. The third-order valence-corrected chi connectivity index (χ3v) is 5.12. The van der Waals surface area contributed by atoms with Crippen molar-refractivity contribution in [3.05, 3.63) is 29.6 Å². The molecule has 0 radical (unpaired) electrons. The van der Waals surface area contributed by atoms with E-state index in [4.69, 9.17) is 4.74 Å². The molecule has 23 heavy (non-hydrogen) atoms. The van der Waals surface area contributed by atoms with Gasteiger partial charge in [0.1, 0.15) is 11.6 Å². The van der Waals surface area contributed by atoms with Crippen molar-refractivity contribution in [1.29, 1.82) is 0 Å². The summed E-state index contributed by atoms with van der Waals surface area (Å²) in [7, 11) is 0. The number of phenols is 1. The second kappa shape index (κ2) is 5.76. The van der Waals surface area contributed by atoms with Gasteiger partial charge in [-0.25, -0.2) is 4.39 Å². The molecule has 2 aliphatic heterocycles. The molecule has 2 heterocycles. The van der Waals surface area contributed by atoms with Gasteiger partial charge in [0.05, 0.1) is 18.3 Å². The predicted molar refractivity (Wildman–Crippen MR) is 81.8 cm³/mol. The topological polar surface area (TPSA) is 61.8 Å². The maximum absolute atomic E-state index is 13.7. The molecule has 0 spiro atoms. The fourth-order valence-electron chi connectivity index (χ4n) is 3.71. The fourth-order valence-corrected chi connectivity index (χ4v) is 3.71. The van der Waals surface area contributed by atoms with Crippen LogP contribution in [0.1, 0.15) is 29.6 Å². The number of carbonyl (C=O) groups is 1. The second-order valence-corrected chi connectivity index (χ2v) is 6.89. The molecule has 2 N–H and O–H groups in total. The molecular weight excluding hydrogens is 299 g/mol. The normalized spacial score (nSPS) is 30.9. The summed E-state index contributed by atoms with van der Waals surface area (Å²) in [6, 6.07) is 3.84. The Hall–Kier alpha value is -1.66. The van der Waals surface area contributed by atoms with Crippen LogP contribution in [0.25, 0.3) is 0 Å². The first-order valence-corrected chi connectivity index (χ1v) is 8.25. The Kier molecular flexibility index (Phi) is 3.73. The van der Waals surface area contributed by atoms with E-state index in [2.05, 4.69) is 10.2 Å². The SMILES string of the molecule is O=C(N[C@H]1C[C@H]2CO[C@@H](C3CC3)CN2C1)c1cc(O)ccc1F. The predicted octanol–water partition coefficient (Wildman–Crippen LogP) is 1.51. The molecule has 1 amide bonds. The number of aromatic hydroxyl groups is 1. The minimum Gasteiger partial charge on any atom is -0.508 e. The smallest absolute Gasteiger partial charge is 0.254 e. The van der Waals surface area contributed by atoms with Gasteiger partial charge in [-0.1, -0.05) is 0 Å². The standard InChI is InChI=1S/C17H21FN2O3/c18-15-4-3-13(21)6-14(15)17(22)19-11-5-12-9-23-16(10-1-2-10)8-20(12)7-11/h3-4,6,10-12,16,21H,1-2,5,7-9H2,(H,19,22)/t11-,12-,16+/m0/s1. The molecule has 1 aromatic rings. The van der Waals surface area contributed by atoms with Gasteiger partial charge in [0.2, 0.25) is 0 Å². The average Bonchev–Trinajstić information content (AvgIpc) is 3.30. The van der Waals surface area contributed by atoms with Crippen molar-refractivity contribution in [2.24, 2.45) is 5.92 Å². The molecular formula is C17H21FN2O3. The highest BCUT2D eigenvalue weighted by molar-refractivity contribution is 5.95. The van der Waals surface area contributed by atoms with Crippen LogP contribution < -0.4 is 5.32 Å². The summed E-state index contributed by atoms with van der Waals surface area (Å²) in [5.41, 5.74) is -0.109. The number of carbonyl (C=O) groups excluding carboxylic acids is 1. The van der Waals surface area contributed by atoms with Crippen molar-refractivity contribution >= 4 is 5.91 Å². The van der Waals surface area contributed by atoms with E-state index >= 15 is 0 Å². The third kappa shape index (κ3) is 3.05. The van der Waals surface area contributed by atoms with Crippen LogP contribution in [0.3, 0.4) is 0 Å². The van der Waals surface area contributed by atoms with Crippen LogP contribution in [-0.2, 0) is 4.74 Å². The van der Waals surface area contributed by atoms with Crippen LogP contribution >= 0.6 is 0 Å². The molecule has 1 aromatic carbocycles. The maximum Gasteiger partial charge on any atom is 0.254 e. The molecule has 0 aromatic heterocycles. The molecule has 0 unspecified atom stereocenters. The maximum atomic E-state index is 13.7. The van der Waals surface area contributed by atoms with Gasteiger partial charge >= 0.3 is 0 Å². The van der Waals surface area contributed by atoms with E-state index in [1.807, 2.05) is 0 Å². The van der Waals surface area contributed by atoms with Gasteiger partial charge in [-0.3, -0.25) is 9.69 Å². The number of morpholine rings is 1. The monoisotopic (exact) mass is 320 g/mol. The lowest BCUT2D eigenvalue weighted by atomic mass is 10.1. The van der Waals surface area contributed by atoms with Crippen molar-refractivity contribution in [2.45, 2.75) is 37.5 Å². The van der Waals surface area contributed by atoms with Gasteiger partial charge in [-0.15, -0.1) is 0 Å².